The van der Waals surface area contributed by atoms with Gasteiger partial charge in [-0.3, -0.25) is 0 Å². The van der Waals surface area contributed by atoms with Crippen LogP contribution in [-0.2, 0) is 0 Å². The van der Waals surface area contributed by atoms with Crippen LogP contribution in [0.3, 0.4) is 0 Å². The molecule has 5 nitrogen and oxygen atoms in total. The van der Waals surface area contributed by atoms with E-state index in [0.29, 0.717) is 5.65 Å². The molecule has 5 heteroatoms. The molecule has 0 unspecified atom stereocenters. The quantitative estimate of drug-likeness (QED) is 0.743. The molecule has 0 saturated carbocycles. The Kier molecular flexibility index (Phi) is 2.30. The highest BCUT2D eigenvalue weighted by Gasteiger charge is 2.08. The van der Waals surface area contributed by atoms with Gasteiger partial charge in [0.05, 0.1) is 5.69 Å². The molecule has 1 N–H and O–H groups in total. The van der Waals surface area contributed by atoms with Crippen LogP contribution in [0.25, 0.3) is 16.9 Å². The molecule has 0 atom stereocenters. The first-order chi connectivity index (χ1) is 8.74. The maximum absolute atomic E-state index is 10.8. The second kappa shape index (κ2) is 3.96. The van der Waals surface area contributed by atoms with Crippen LogP contribution in [0.4, 0.5) is 0 Å². The van der Waals surface area contributed by atoms with Crippen LogP contribution in [-0.4, -0.2) is 25.7 Å². The van der Waals surface area contributed by atoms with Crippen molar-refractivity contribution < 1.29 is 9.90 Å². The Balaban J connectivity index is 2.14. The summed E-state index contributed by atoms with van der Waals surface area (Å²) >= 11 is 0. The standard InChI is InChI=1S/C13H9N3O2/c17-13(18)10-6-7-16-12(14-10)8-11(15-16)9-4-2-1-3-5-9/h1-8H,(H,17,18). The summed E-state index contributed by atoms with van der Waals surface area (Å²) in [5.41, 5.74) is 2.28. The van der Waals surface area contributed by atoms with Gasteiger partial charge in [-0.1, -0.05) is 30.3 Å². The van der Waals surface area contributed by atoms with Gasteiger partial charge in [0.2, 0.25) is 0 Å². The number of rotatable bonds is 2. The third-order valence-electron chi connectivity index (χ3n) is 2.61. The van der Waals surface area contributed by atoms with E-state index < -0.39 is 5.97 Å². The van der Waals surface area contributed by atoms with Crippen molar-refractivity contribution in [1.82, 2.24) is 14.6 Å². The second-order valence-corrected chi connectivity index (χ2v) is 3.82. The summed E-state index contributed by atoms with van der Waals surface area (Å²) in [7, 11) is 0. The predicted molar refractivity (Wildman–Crippen MR) is 65.4 cm³/mol. The highest BCUT2D eigenvalue weighted by molar-refractivity contribution is 5.85. The summed E-state index contributed by atoms with van der Waals surface area (Å²) in [5.74, 6) is -1.04. The Morgan fingerprint density at radius 2 is 1.94 bits per heavy atom. The van der Waals surface area contributed by atoms with Gasteiger partial charge in [0.25, 0.3) is 0 Å². The van der Waals surface area contributed by atoms with E-state index in [0.717, 1.165) is 11.3 Å². The number of carboxylic acid groups (broad SMARTS) is 1. The maximum Gasteiger partial charge on any atom is 0.354 e. The fourth-order valence-electron chi connectivity index (χ4n) is 1.75. The van der Waals surface area contributed by atoms with Crippen LogP contribution in [0, 0.1) is 0 Å². The van der Waals surface area contributed by atoms with Crippen LogP contribution in [0.5, 0.6) is 0 Å². The van der Waals surface area contributed by atoms with E-state index >= 15 is 0 Å². The molecule has 0 fully saturated rings. The zero-order chi connectivity index (χ0) is 12.5. The Labute approximate surface area is 102 Å². The third-order valence-corrected chi connectivity index (χ3v) is 2.61. The van der Waals surface area contributed by atoms with Gasteiger partial charge < -0.3 is 5.11 Å². The molecule has 0 saturated heterocycles. The van der Waals surface area contributed by atoms with Crippen molar-refractivity contribution in [3.8, 4) is 11.3 Å². The molecule has 0 aliphatic rings. The summed E-state index contributed by atoms with van der Waals surface area (Å²) in [4.78, 5) is 14.9. The number of benzene rings is 1. The van der Waals surface area contributed by atoms with Crippen molar-refractivity contribution in [1.29, 1.82) is 0 Å². The number of hydrogen-bond donors (Lipinski definition) is 1. The van der Waals surface area contributed by atoms with Gasteiger partial charge in [-0.2, -0.15) is 5.10 Å². The lowest BCUT2D eigenvalue weighted by Gasteiger charge is -1.94. The second-order valence-electron chi connectivity index (χ2n) is 3.82. The number of nitrogens with zero attached hydrogens (tertiary/aromatic N) is 3. The number of aromatic nitrogens is 3. The lowest BCUT2D eigenvalue weighted by Crippen LogP contribution is -2.01. The molecule has 1 aromatic carbocycles. The van der Waals surface area contributed by atoms with E-state index in [2.05, 4.69) is 10.1 Å². The topological polar surface area (TPSA) is 67.5 Å². The largest absolute Gasteiger partial charge is 0.477 e. The summed E-state index contributed by atoms with van der Waals surface area (Å²) in [5, 5.41) is 13.2. The molecule has 0 aliphatic carbocycles. The van der Waals surface area contributed by atoms with Gasteiger partial charge in [-0.05, 0) is 6.07 Å². The average Bonchev–Trinajstić information content (AvgIpc) is 2.82. The molecule has 0 aliphatic heterocycles. The number of carbonyl (C=O) groups is 1. The zero-order valence-electron chi connectivity index (χ0n) is 9.32. The molecule has 3 rings (SSSR count). The first-order valence-corrected chi connectivity index (χ1v) is 5.39. The van der Waals surface area contributed by atoms with Gasteiger partial charge in [-0.25, -0.2) is 14.3 Å². The van der Waals surface area contributed by atoms with Crippen LogP contribution < -0.4 is 0 Å². The Bertz CT molecular complexity index is 719. The zero-order valence-corrected chi connectivity index (χ0v) is 9.32. The van der Waals surface area contributed by atoms with Crippen LogP contribution in [0.2, 0.25) is 0 Å². The smallest absolute Gasteiger partial charge is 0.354 e. The van der Waals surface area contributed by atoms with Crippen molar-refractivity contribution in [3.63, 3.8) is 0 Å². The fraction of sp³-hybridized carbons (Fsp3) is 0. The van der Waals surface area contributed by atoms with E-state index in [1.807, 2.05) is 30.3 Å². The van der Waals surface area contributed by atoms with Crippen molar-refractivity contribution in [2.45, 2.75) is 0 Å². The average molecular weight is 239 g/mol. The minimum Gasteiger partial charge on any atom is -0.477 e. The molecule has 0 spiro atoms. The van der Waals surface area contributed by atoms with Gasteiger partial charge in [-0.15, -0.1) is 0 Å². The van der Waals surface area contributed by atoms with Gasteiger partial charge in [0, 0.05) is 17.8 Å². The normalized spacial score (nSPS) is 10.7. The van der Waals surface area contributed by atoms with Gasteiger partial charge >= 0.3 is 5.97 Å². The van der Waals surface area contributed by atoms with E-state index in [-0.39, 0.29) is 5.69 Å². The molecule has 2 heterocycles. The molecular formula is C13H9N3O2. The molecule has 0 amide bonds. The van der Waals surface area contributed by atoms with Crippen molar-refractivity contribution in [2.75, 3.05) is 0 Å². The number of carboxylic acids is 1. The van der Waals surface area contributed by atoms with Crippen LogP contribution >= 0.6 is 0 Å². The highest BCUT2D eigenvalue weighted by Crippen LogP contribution is 2.18. The lowest BCUT2D eigenvalue weighted by atomic mass is 10.2. The third kappa shape index (κ3) is 1.71. The van der Waals surface area contributed by atoms with Gasteiger partial charge in [0.15, 0.2) is 11.3 Å². The molecule has 3 aromatic rings. The highest BCUT2D eigenvalue weighted by atomic mass is 16.4. The first-order valence-electron chi connectivity index (χ1n) is 5.39. The maximum atomic E-state index is 10.8. The molecule has 18 heavy (non-hydrogen) atoms. The Hall–Kier alpha value is -2.69. The minimum absolute atomic E-state index is 0.0158. The lowest BCUT2D eigenvalue weighted by molar-refractivity contribution is 0.0690. The van der Waals surface area contributed by atoms with Crippen LogP contribution in [0.1, 0.15) is 10.5 Å². The van der Waals surface area contributed by atoms with Crippen molar-refractivity contribution >= 4 is 11.6 Å². The molecule has 88 valence electrons. The molecule has 2 aromatic heterocycles. The fourth-order valence-corrected chi connectivity index (χ4v) is 1.75. The first kappa shape index (κ1) is 10.5. The van der Waals surface area contributed by atoms with Crippen LogP contribution in [0.15, 0.2) is 48.7 Å². The van der Waals surface area contributed by atoms with E-state index in [9.17, 15) is 4.79 Å². The monoisotopic (exact) mass is 239 g/mol. The summed E-state index contributed by atoms with van der Waals surface area (Å²) in [6.07, 6.45) is 1.60. The van der Waals surface area contributed by atoms with E-state index in [1.54, 1.807) is 16.8 Å². The molecular weight excluding hydrogens is 230 g/mol. The molecule has 0 radical (unpaired) electrons. The van der Waals surface area contributed by atoms with Crippen molar-refractivity contribution in [3.05, 3.63) is 54.4 Å². The summed E-state index contributed by atoms with van der Waals surface area (Å²) in [6.45, 7) is 0. The van der Waals surface area contributed by atoms with Gasteiger partial charge in [0.1, 0.15) is 0 Å². The van der Waals surface area contributed by atoms with Crippen molar-refractivity contribution in [2.24, 2.45) is 0 Å². The number of aromatic carboxylic acids is 1. The predicted octanol–water partition coefficient (Wildman–Crippen LogP) is 2.09. The molecule has 0 bridgehead atoms. The number of fused-ring (bicyclic) bond motifs is 1. The number of hydrogen-bond acceptors (Lipinski definition) is 3. The minimum atomic E-state index is -1.04. The summed E-state index contributed by atoms with van der Waals surface area (Å²) in [6, 6.07) is 12.9. The Morgan fingerprint density at radius 3 is 2.67 bits per heavy atom. The SMILES string of the molecule is O=C(O)c1ccn2nc(-c3ccccc3)cc2n1. The van der Waals surface area contributed by atoms with E-state index in [1.165, 1.54) is 6.07 Å². The Morgan fingerprint density at radius 1 is 1.17 bits per heavy atom. The van der Waals surface area contributed by atoms with E-state index in [4.69, 9.17) is 5.11 Å². The summed E-state index contributed by atoms with van der Waals surface area (Å²) < 4.78 is 1.56.